The Hall–Kier alpha value is -4.51. The van der Waals surface area contributed by atoms with Crippen LogP contribution in [0.4, 0.5) is 0 Å². The van der Waals surface area contributed by atoms with Crippen LogP contribution in [0.5, 0.6) is 0 Å². The van der Waals surface area contributed by atoms with Gasteiger partial charge in [0.2, 0.25) is 0 Å². The van der Waals surface area contributed by atoms with E-state index in [4.69, 9.17) is 0 Å². The number of allylic oxidation sites excluding steroid dienone is 2. The molecule has 232 valence electrons. The van der Waals surface area contributed by atoms with Gasteiger partial charge in [-0.05, 0) is 98.3 Å². The van der Waals surface area contributed by atoms with Crippen LogP contribution in [0, 0.1) is 13.8 Å². The van der Waals surface area contributed by atoms with Gasteiger partial charge in [-0.15, -0.1) is 0 Å². The van der Waals surface area contributed by atoms with E-state index >= 15 is 0 Å². The SMILES string of the molecule is C=CC1=C(C)/C(=C/c2[nH]c(Cc3[nH]c(/C=C4\NC(=O)C(C)=C4CCS)c(C)c3CCC(=O)O)c(CCC(=O)O)c2C)NC1=O. The Morgan fingerprint density at radius 2 is 1.27 bits per heavy atom. The van der Waals surface area contributed by atoms with Crippen molar-refractivity contribution in [2.45, 2.75) is 66.2 Å². The van der Waals surface area contributed by atoms with Crippen molar-refractivity contribution >= 4 is 48.5 Å². The molecule has 2 aromatic rings. The second kappa shape index (κ2) is 13.4. The number of carboxylic acids is 2. The average Bonchev–Trinajstić information content (AvgIpc) is 3.60. The van der Waals surface area contributed by atoms with Gasteiger partial charge in [0.1, 0.15) is 0 Å². The zero-order valence-electron chi connectivity index (χ0n) is 25.4. The highest BCUT2D eigenvalue weighted by Gasteiger charge is 2.26. The number of aromatic amines is 2. The van der Waals surface area contributed by atoms with Gasteiger partial charge in [-0.1, -0.05) is 12.7 Å². The van der Waals surface area contributed by atoms with Crippen LogP contribution in [-0.4, -0.2) is 49.7 Å². The third kappa shape index (κ3) is 6.67. The summed E-state index contributed by atoms with van der Waals surface area (Å²) < 4.78 is 0. The zero-order valence-corrected chi connectivity index (χ0v) is 26.3. The van der Waals surface area contributed by atoms with Crippen LogP contribution in [0.1, 0.15) is 78.1 Å². The van der Waals surface area contributed by atoms with Crippen molar-refractivity contribution in [3.8, 4) is 0 Å². The van der Waals surface area contributed by atoms with E-state index in [0.717, 1.165) is 56.2 Å². The first-order valence-electron chi connectivity index (χ1n) is 14.4. The van der Waals surface area contributed by atoms with Crippen LogP contribution < -0.4 is 10.6 Å². The minimum atomic E-state index is -0.917. The van der Waals surface area contributed by atoms with Crippen molar-refractivity contribution < 1.29 is 29.4 Å². The first-order valence-corrected chi connectivity index (χ1v) is 15.0. The van der Waals surface area contributed by atoms with Gasteiger partial charge in [0, 0.05) is 64.6 Å². The van der Waals surface area contributed by atoms with Crippen LogP contribution in [0.3, 0.4) is 0 Å². The van der Waals surface area contributed by atoms with E-state index in [0.29, 0.717) is 54.0 Å². The van der Waals surface area contributed by atoms with Crippen molar-refractivity contribution in [3.05, 3.63) is 91.4 Å². The van der Waals surface area contributed by atoms with Crippen LogP contribution in [-0.2, 0) is 38.4 Å². The molecule has 11 heteroatoms. The summed E-state index contributed by atoms with van der Waals surface area (Å²) in [7, 11) is 0. The maximum atomic E-state index is 12.4. The number of aliphatic carboxylic acids is 2. The highest BCUT2D eigenvalue weighted by molar-refractivity contribution is 7.80. The Bertz CT molecular complexity index is 1700. The van der Waals surface area contributed by atoms with Crippen LogP contribution in [0.2, 0.25) is 0 Å². The van der Waals surface area contributed by atoms with Crippen LogP contribution >= 0.6 is 12.6 Å². The number of rotatable bonds is 13. The minimum absolute atomic E-state index is 0.0632. The van der Waals surface area contributed by atoms with E-state index in [2.05, 4.69) is 39.8 Å². The van der Waals surface area contributed by atoms with E-state index in [-0.39, 0.29) is 24.7 Å². The number of amides is 2. The number of H-pyrrole nitrogens is 2. The van der Waals surface area contributed by atoms with E-state index in [1.54, 1.807) is 6.92 Å². The van der Waals surface area contributed by atoms with Gasteiger partial charge in [-0.25, -0.2) is 0 Å². The summed E-state index contributed by atoms with van der Waals surface area (Å²) in [6.07, 6.45) is 6.68. The quantitative estimate of drug-likeness (QED) is 0.161. The molecule has 0 aromatic carbocycles. The number of carbonyl (C=O) groups is 4. The van der Waals surface area contributed by atoms with Crippen LogP contribution in [0.25, 0.3) is 12.2 Å². The predicted molar refractivity (Wildman–Crippen MR) is 172 cm³/mol. The molecular formula is C33H38N4O6S. The van der Waals surface area contributed by atoms with E-state index < -0.39 is 11.9 Å². The van der Waals surface area contributed by atoms with Gasteiger partial charge in [0.25, 0.3) is 11.8 Å². The average molecular weight is 619 g/mol. The normalized spacial score (nSPS) is 16.8. The number of carbonyl (C=O) groups excluding carboxylic acids is 2. The molecule has 4 rings (SSSR count). The molecule has 2 aromatic heterocycles. The molecular weight excluding hydrogens is 580 g/mol. The highest BCUT2D eigenvalue weighted by atomic mass is 32.1. The van der Waals surface area contributed by atoms with E-state index in [1.807, 2.05) is 32.9 Å². The van der Waals surface area contributed by atoms with E-state index in [1.165, 1.54) is 6.08 Å². The molecule has 0 radical (unpaired) electrons. The van der Waals surface area contributed by atoms with Crippen molar-refractivity contribution in [1.29, 1.82) is 0 Å². The topological polar surface area (TPSA) is 164 Å². The van der Waals surface area contributed by atoms with Crippen molar-refractivity contribution in [2.24, 2.45) is 0 Å². The molecule has 0 fully saturated rings. The third-order valence-corrected chi connectivity index (χ3v) is 8.58. The molecule has 0 unspecified atom stereocenters. The lowest BCUT2D eigenvalue weighted by atomic mass is 9.98. The third-order valence-electron chi connectivity index (χ3n) is 8.35. The first-order chi connectivity index (χ1) is 20.9. The molecule has 2 amide bonds. The summed E-state index contributed by atoms with van der Waals surface area (Å²) in [5.74, 6) is -1.64. The maximum absolute atomic E-state index is 12.4. The Balaban J connectivity index is 1.80. The standard InChI is InChI=1S/C33H38N4O6S/c1-6-20-16(2)26(36-33(20)43)13-24-17(3)21(7-9-30(38)39)27(34-24)15-28-22(8-10-31(40)41)18(4)25(35-28)14-29-23(11-12-44)19(5)32(42)37-29/h6,13-14,34-35,44H,1,7-12,15H2,2-5H3,(H,36,43)(H,37,42)(H,38,39)(H,40,41)/b26-13-,29-14-. The molecule has 0 saturated heterocycles. The summed E-state index contributed by atoms with van der Waals surface area (Å²) in [4.78, 5) is 54.8. The lowest BCUT2D eigenvalue weighted by Crippen LogP contribution is -2.15. The largest absolute Gasteiger partial charge is 0.481 e. The molecule has 10 nitrogen and oxygen atoms in total. The van der Waals surface area contributed by atoms with Gasteiger partial charge >= 0.3 is 11.9 Å². The molecule has 0 bridgehead atoms. The summed E-state index contributed by atoms with van der Waals surface area (Å²) in [6.45, 7) is 11.2. The lowest BCUT2D eigenvalue weighted by Gasteiger charge is -2.07. The van der Waals surface area contributed by atoms with Crippen molar-refractivity contribution in [2.75, 3.05) is 5.75 Å². The van der Waals surface area contributed by atoms with Crippen molar-refractivity contribution in [3.63, 3.8) is 0 Å². The highest BCUT2D eigenvalue weighted by Crippen LogP contribution is 2.32. The number of aromatic nitrogens is 2. The van der Waals surface area contributed by atoms with E-state index in [9.17, 15) is 29.4 Å². The minimum Gasteiger partial charge on any atom is -0.481 e. The molecule has 2 aliphatic rings. The molecule has 0 aliphatic carbocycles. The van der Waals surface area contributed by atoms with Gasteiger partial charge in [0.05, 0.1) is 0 Å². The zero-order chi connectivity index (χ0) is 32.3. The van der Waals surface area contributed by atoms with Gasteiger partial charge < -0.3 is 30.8 Å². The molecule has 0 spiro atoms. The van der Waals surface area contributed by atoms with Gasteiger partial charge in [-0.3, -0.25) is 19.2 Å². The molecule has 44 heavy (non-hydrogen) atoms. The predicted octanol–water partition coefficient (Wildman–Crippen LogP) is 4.67. The van der Waals surface area contributed by atoms with Crippen LogP contribution in [0.15, 0.2) is 46.3 Å². The van der Waals surface area contributed by atoms with Gasteiger partial charge in [-0.2, -0.15) is 12.6 Å². The number of hydrogen-bond acceptors (Lipinski definition) is 5. The molecule has 2 aliphatic heterocycles. The monoisotopic (exact) mass is 618 g/mol. The summed E-state index contributed by atoms with van der Waals surface area (Å²) in [5.41, 5.74) is 10.7. The number of hydrogen-bond donors (Lipinski definition) is 7. The summed E-state index contributed by atoms with van der Waals surface area (Å²) >= 11 is 4.34. The molecule has 0 saturated carbocycles. The fourth-order valence-electron chi connectivity index (χ4n) is 5.81. The Kier molecular flexibility index (Phi) is 9.88. The molecule has 6 N–H and O–H groups in total. The maximum Gasteiger partial charge on any atom is 0.303 e. The Morgan fingerprint density at radius 1 is 0.773 bits per heavy atom. The number of thiol groups is 1. The second-order valence-electron chi connectivity index (χ2n) is 11.1. The summed E-state index contributed by atoms with van der Waals surface area (Å²) in [6, 6.07) is 0. The lowest BCUT2D eigenvalue weighted by molar-refractivity contribution is -0.138. The fraction of sp³-hybridized carbons (Fsp3) is 0.333. The smallest absolute Gasteiger partial charge is 0.303 e. The Labute approximate surface area is 261 Å². The van der Waals surface area contributed by atoms with Gasteiger partial charge in [0.15, 0.2) is 0 Å². The molecule has 4 heterocycles. The first kappa shape index (κ1) is 32.4. The second-order valence-corrected chi connectivity index (χ2v) is 11.5. The Morgan fingerprint density at radius 3 is 1.73 bits per heavy atom. The summed E-state index contributed by atoms with van der Waals surface area (Å²) in [5, 5.41) is 24.7. The number of nitrogens with one attached hydrogen (secondary N) is 4. The fourth-order valence-corrected chi connectivity index (χ4v) is 6.04. The van der Waals surface area contributed by atoms with Crippen molar-refractivity contribution in [1.82, 2.24) is 20.6 Å². The number of carboxylic acid groups (broad SMARTS) is 2. The molecule has 0 atom stereocenters.